The SMILES string of the molecule is Cc1ccccc1CC(C)NC(=O)C(C)CCN. The molecule has 0 spiro atoms. The summed E-state index contributed by atoms with van der Waals surface area (Å²) in [6.45, 7) is 6.61. The minimum absolute atomic E-state index is 0.00526. The fraction of sp³-hybridized carbons (Fsp3) is 0.533. The number of amides is 1. The van der Waals surface area contributed by atoms with Crippen molar-refractivity contribution in [2.24, 2.45) is 11.7 Å². The maximum Gasteiger partial charge on any atom is 0.223 e. The van der Waals surface area contributed by atoms with E-state index in [1.54, 1.807) is 0 Å². The third kappa shape index (κ3) is 4.49. The van der Waals surface area contributed by atoms with Crippen LogP contribution < -0.4 is 11.1 Å². The highest BCUT2D eigenvalue weighted by Crippen LogP contribution is 2.10. The quantitative estimate of drug-likeness (QED) is 0.809. The van der Waals surface area contributed by atoms with E-state index in [2.05, 4.69) is 24.4 Å². The van der Waals surface area contributed by atoms with Crippen LogP contribution in [0.4, 0.5) is 0 Å². The first-order chi connectivity index (χ1) is 8.54. The molecule has 18 heavy (non-hydrogen) atoms. The van der Waals surface area contributed by atoms with Gasteiger partial charge in [0.05, 0.1) is 0 Å². The van der Waals surface area contributed by atoms with Crippen molar-refractivity contribution in [1.82, 2.24) is 5.32 Å². The second kappa shape index (κ2) is 7.17. The largest absolute Gasteiger partial charge is 0.353 e. The summed E-state index contributed by atoms with van der Waals surface area (Å²) in [5.74, 6) is 0.0934. The van der Waals surface area contributed by atoms with Crippen LogP contribution in [0.15, 0.2) is 24.3 Å². The minimum Gasteiger partial charge on any atom is -0.353 e. The monoisotopic (exact) mass is 248 g/mol. The van der Waals surface area contributed by atoms with Gasteiger partial charge in [0.1, 0.15) is 0 Å². The Bertz CT molecular complexity index is 390. The molecule has 0 aliphatic carbocycles. The lowest BCUT2D eigenvalue weighted by Gasteiger charge is -2.18. The van der Waals surface area contributed by atoms with E-state index in [9.17, 15) is 4.79 Å². The lowest BCUT2D eigenvalue weighted by atomic mass is 10.0. The van der Waals surface area contributed by atoms with Crippen molar-refractivity contribution >= 4 is 5.91 Å². The van der Waals surface area contributed by atoms with Crippen LogP contribution in [0.5, 0.6) is 0 Å². The van der Waals surface area contributed by atoms with Crippen LogP contribution in [0.2, 0.25) is 0 Å². The van der Waals surface area contributed by atoms with Crippen LogP contribution in [0.1, 0.15) is 31.4 Å². The normalized spacial score (nSPS) is 14.0. The topological polar surface area (TPSA) is 55.1 Å². The van der Waals surface area contributed by atoms with Crippen LogP contribution in [-0.2, 0) is 11.2 Å². The molecule has 1 amide bonds. The summed E-state index contributed by atoms with van der Waals surface area (Å²) in [5.41, 5.74) is 8.02. The molecule has 0 saturated carbocycles. The van der Waals surface area contributed by atoms with Crippen molar-refractivity contribution in [3.8, 4) is 0 Å². The Balaban J connectivity index is 2.49. The number of hydrogen-bond donors (Lipinski definition) is 2. The zero-order valence-corrected chi connectivity index (χ0v) is 11.6. The van der Waals surface area contributed by atoms with Crippen LogP contribution in [-0.4, -0.2) is 18.5 Å². The number of nitrogens with two attached hydrogens (primary N) is 1. The number of nitrogens with one attached hydrogen (secondary N) is 1. The van der Waals surface area contributed by atoms with Crippen molar-refractivity contribution in [2.45, 2.75) is 39.7 Å². The van der Waals surface area contributed by atoms with Gasteiger partial charge < -0.3 is 11.1 Å². The summed E-state index contributed by atoms with van der Waals surface area (Å²) in [5, 5.41) is 3.05. The van der Waals surface area contributed by atoms with E-state index in [1.165, 1.54) is 11.1 Å². The first-order valence-electron chi connectivity index (χ1n) is 6.59. The molecule has 3 nitrogen and oxygen atoms in total. The molecule has 0 aliphatic heterocycles. The molecule has 0 fully saturated rings. The molecule has 1 aromatic carbocycles. The van der Waals surface area contributed by atoms with Crippen molar-refractivity contribution < 1.29 is 4.79 Å². The van der Waals surface area contributed by atoms with Crippen LogP contribution in [0.25, 0.3) is 0 Å². The lowest BCUT2D eigenvalue weighted by molar-refractivity contribution is -0.125. The van der Waals surface area contributed by atoms with Gasteiger partial charge in [-0.2, -0.15) is 0 Å². The van der Waals surface area contributed by atoms with E-state index >= 15 is 0 Å². The second-order valence-electron chi connectivity index (χ2n) is 5.02. The van der Waals surface area contributed by atoms with Crippen molar-refractivity contribution in [1.29, 1.82) is 0 Å². The van der Waals surface area contributed by atoms with Gasteiger partial charge in [-0.1, -0.05) is 31.2 Å². The zero-order chi connectivity index (χ0) is 13.5. The van der Waals surface area contributed by atoms with Crippen molar-refractivity contribution in [3.05, 3.63) is 35.4 Å². The Morgan fingerprint density at radius 3 is 2.61 bits per heavy atom. The Hall–Kier alpha value is -1.35. The summed E-state index contributed by atoms with van der Waals surface area (Å²) >= 11 is 0. The van der Waals surface area contributed by atoms with E-state index in [0.29, 0.717) is 6.54 Å². The Morgan fingerprint density at radius 2 is 2.00 bits per heavy atom. The highest BCUT2D eigenvalue weighted by Gasteiger charge is 2.14. The van der Waals surface area contributed by atoms with E-state index in [4.69, 9.17) is 5.73 Å². The third-order valence-corrected chi connectivity index (χ3v) is 3.22. The standard InChI is InChI=1S/C15H24N2O/c1-11-6-4-5-7-14(11)10-13(3)17-15(18)12(2)8-9-16/h4-7,12-13H,8-10,16H2,1-3H3,(H,17,18). The molecule has 3 heteroatoms. The van der Waals surface area contributed by atoms with Gasteiger partial charge in [0, 0.05) is 12.0 Å². The Morgan fingerprint density at radius 1 is 1.33 bits per heavy atom. The molecule has 0 heterocycles. The summed E-state index contributed by atoms with van der Waals surface area (Å²) < 4.78 is 0. The molecular formula is C15H24N2O. The molecule has 0 aliphatic rings. The lowest BCUT2D eigenvalue weighted by Crippen LogP contribution is -2.38. The molecule has 0 aromatic heterocycles. The molecule has 2 unspecified atom stereocenters. The highest BCUT2D eigenvalue weighted by molar-refractivity contribution is 5.78. The molecule has 2 atom stereocenters. The van der Waals surface area contributed by atoms with Gasteiger partial charge in [0.25, 0.3) is 0 Å². The second-order valence-corrected chi connectivity index (χ2v) is 5.02. The molecule has 3 N–H and O–H groups in total. The smallest absolute Gasteiger partial charge is 0.223 e. The predicted molar refractivity (Wildman–Crippen MR) is 75.3 cm³/mol. The summed E-state index contributed by atoms with van der Waals surface area (Å²) in [6, 6.07) is 8.43. The summed E-state index contributed by atoms with van der Waals surface area (Å²) in [6.07, 6.45) is 1.61. The van der Waals surface area contributed by atoms with Gasteiger partial charge in [-0.15, -0.1) is 0 Å². The van der Waals surface area contributed by atoms with E-state index in [0.717, 1.165) is 12.8 Å². The molecular weight excluding hydrogens is 224 g/mol. The number of carbonyl (C=O) groups excluding carboxylic acids is 1. The number of hydrogen-bond acceptors (Lipinski definition) is 2. The molecule has 0 bridgehead atoms. The van der Waals surface area contributed by atoms with Gasteiger partial charge in [0.15, 0.2) is 0 Å². The predicted octanol–water partition coefficient (Wildman–Crippen LogP) is 2.03. The maximum absolute atomic E-state index is 11.9. The van der Waals surface area contributed by atoms with Crippen molar-refractivity contribution in [2.75, 3.05) is 6.54 Å². The maximum atomic E-state index is 11.9. The Labute approximate surface area is 110 Å². The average molecular weight is 248 g/mol. The van der Waals surface area contributed by atoms with E-state index < -0.39 is 0 Å². The van der Waals surface area contributed by atoms with Crippen molar-refractivity contribution in [3.63, 3.8) is 0 Å². The molecule has 1 aromatic rings. The molecule has 0 saturated heterocycles. The van der Waals surface area contributed by atoms with E-state index in [1.807, 2.05) is 26.0 Å². The number of rotatable bonds is 6. The fourth-order valence-electron chi connectivity index (χ4n) is 1.99. The minimum atomic E-state index is -0.00526. The highest BCUT2D eigenvalue weighted by atomic mass is 16.1. The zero-order valence-electron chi connectivity index (χ0n) is 11.6. The van der Waals surface area contributed by atoms with Gasteiger partial charge in [-0.05, 0) is 44.4 Å². The number of benzene rings is 1. The molecule has 0 radical (unpaired) electrons. The average Bonchev–Trinajstić information content (AvgIpc) is 2.32. The summed E-state index contributed by atoms with van der Waals surface area (Å²) in [7, 11) is 0. The van der Waals surface area contributed by atoms with Gasteiger partial charge in [-0.25, -0.2) is 0 Å². The van der Waals surface area contributed by atoms with Crippen LogP contribution in [0, 0.1) is 12.8 Å². The number of carbonyl (C=O) groups is 1. The summed E-state index contributed by atoms with van der Waals surface area (Å²) in [4.78, 5) is 11.9. The van der Waals surface area contributed by atoms with Gasteiger partial charge >= 0.3 is 0 Å². The fourth-order valence-corrected chi connectivity index (χ4v) is 1.99. The first-order valence-corrected chi connectivity index (χ1v) is 6.59. The first kappa shape index (κ1) is 14.7. The third-order valence-electron chi connectivity index (χ3n) is 3.22. The van der Waals surface area contributed by atoms with Crippen LogP contribution in [0.3, 0.4) is 0 Å². The molecule has 100 valence electrons. The Kier molecular flexibility index (Phi) is 5.86. The molecule has 1 rings (SSSR count). The number of aryl methyl sites for hydroxylation is 1. The van der Waals surface area contributed by atoms with Gasteiger partial charge in [0.2, 0.25) is 5.91 Å². The van der Waals surface area contributed by atoms with Gasteiger partial charge in [-0.3, -0.25) is 4.79 Å². The van der Waals surface area contributed by atoms with Crippen LogP contribution >= 0.6 is 0 Å². The van der Waals surface area contributed by atoms with E-state index in [-0.39, 0.29) is 17.9 Å².